The van der Waals surface area contributed by atoms with E-state index in [1.807, 2.05) is 13.0 Å². The van der Waals surface area contributed by atoms with Crippen molar-refractivity contribution in [2.75, 3.05) is 5.32 Å². The molecule has 100 valence electrons. The molecule has 1 amide bonds. The van der Waals surface area contributed by atoms with E-state index >= 15 is 0 Å². The minimum absolute atomic E-state index is 0.240. The van der Waals surface area contributed by atoms with Crippen LogP contribution in [-0.2, 0) is 11.8 Å². The molecule has 0 bridgehead atoms. The predicted molar refractivity (Wildman–Crippen MR) is 76.8 cm³/mol. The van der Waals surface area contributed by atoms with Crippen molar-refractivity contribution in [3.8, 4) is 6.07 Å². The van der Waals surface area contributed by atoms with Crippen LogP contribution in [0.15, 0.2) is 36.4 Å². The molecule has 2 rings (SSSR count). The van der Waals surface area contributed by atoms with Gasteiger partial charge in [-0.25, -0.2) is 0 Å². The maximum Gasteiger partial charge on any atom is 0.249 e. The summed E-state index contributed by atoms with van der Waals surface area (Å²) < 4.78 is 1.61. The van der Waals surface area contributed by atoms with Gasteiger partial charge in [-0.2, -0.15) is 10.4 Å². The van der Waals surface area contributed by atoms with Gasteiger partial charge in [-0.1, -0.05) is 12.1 Å². The second kappa shape index (κ2) is 5.85. The van der Waals surface area contributed by atoms with Crippen LogP contribution in [0.1, 0.15) is 16.8 Å². The number of rotatable bonds is 3. The molecule has 0 saturated carbocycles. The first-order valence-electron chi connectivity index (χ1n) is 6.08. The second-order valence-corrected chi connectivity index (χ2v) is 4.35. The quantitative estimate of drug-likeness (QED) is 0.866. The SMILES string of the molecule is Cc1cc(NC(=O)/C=C/c2cccc(C#N)c2)n(C)n1. The van der Waals surface area contributed by atoms with Crippen molar-refractivity contribution in [3.63, 3.8) is 0 Å². The first-order valence-corrected chi connectivity index (χ1v) is 6.08. The number of amides is 1. The third-order valence-corrected chi connectivity index (χ3v) is 2.70. The number of nitriles is 1. The van der Waals surface area contributed by atoms with Crippen LogP contribution in [0.3, 0.4) is 0 Å². The maximum atomic E-state index is 11.8. The highest BCUT2D eigenvalue weighted by atomic mass is 16.1. The molecule has 0 fully saturated rings. The van der Waals surface area contributed by atoms with E-state index in [9.17, 15) is 4.79 Å². The van der Waals surface area contributed by atoms with Crippen molar-refractivity contribution in [2.45, 2.75) is 6.92 Å². The average Bonchev–Trinajstić information content (AvgIpc) is 2.75. The number of anilines is 1. The molecule has 0 saturated heterocycles. The maximum absolute atomic E-state index is 11.8. The molecule has 5 heteroatoms. The topological polar surface area (TPSA) is 70.7 Å². The third-order valence-electron chi connectivity index (χ3n) is 2.70. The average molecular weight is 266 g/mol. The Bertz CT molecular complexity index is 707. The number of hydrogen-bond donors (Lipinski definition) is 1. The number of carbonyl (C=O) groups excluding carboxylic acids is 1. The Morgan fingerprint density at radius 3 is 2.90 bits per heavy atom. The Balaban J connectivity index is 2.06. The van der Waals surface area contributed by atoms with Crippen LogP contribution in [0.5, 0.6) is 0 Å². The summed E-state index contributed by atoms with van der Waals surface area (Å²) in [6.07, 6.45) is 3.10. The smallest absolute Gasteiger partial charge is 0.249 e. The zero-order valence-corrected chi connectivity index (χ0v) is 11.3. The van der Waals surface area contributed by atoms with Crippen molar-refractivity contribution < 1.29 is 4.79 Å². The van der Waals surface area contributed by atoms with Gasteiger partial charge in [0.2, 0.25) is 5.91 Å². The molecule has 0 unspecified atom stereocenters. The number of nitrogens with one attached hydrogen (secondary N) is 1. The van der Waals surface area contributed by atoms with E-state index in [2.05, 4.69) is 16.5 Å². The Hall–Kier alpha value is -2.87. The number of aromatic nitrogens is 2. The molecule has 0 radical (unpaired) electrons. The summed E-state index contributed by atoms with van der Waals surface area (Å²) >= 11 is 0. The summed E-state index contributed by atoms with van der Waals surface area (Å²) in [6, 6.07) is 10.9. The van der Waals surface area contributed by atoms with Gasteiger partial charge in [0.25, 0.3) is 0 Å². The van der Waals surface area contributed by atoms with Crippen molar-refractivity contribution in [1.82, 2.24) is 9.78 Å². The van der Waals surface area contributed by atoms with Gasteiger partial charge >= 0.3 is 0 Å². The first kappa shape index (κ1) is 13.6. The van der Waals surface area contributed by atoms with Crippen LogP contribution < -0.4 is 5.32 Å². The molecule has 2 aromatic rings. The van der Waals surface area contributed by atoms with Gasteiger partial charge in [0.15, 0.2) is 0 Å². The fraction of sp³-hybridized carbons (Fsp3) is 0.133. The second-order valence-electron chi connectivity index (χ2n) is 4.35. The van der Waals surface area contributed by atoms with E-state index in [-0.39, 0.29) is 5.91 Å². The van der Waals surface area contributed by atoms with Gasteiger partial charge < -0.3 is 5.32 Å². The summed E-state index contributed by atoms with van der Waals surface area (Å²) in [6.45, 7) is 1.86. The van der Waals surface area contributed by atoms with Gasteiger partial charge in [0.1, 0.15) is 5.82 Å². The van der Waals surface area contributed by atoms with Crippen molar-refractivity contribution >= 4 is 17.8 Å². The predicted octanol–water partition coefficient (Wildman–Crippen LogP) is 2.25. The van der Waals surface area contributed by atoms with E-state index in [1.54, 1.807) is 42.1 Å². The monoisotopic (exact) mass is 266 g/mol. The lowest BCUT2D eigenvalue weighted by Crippen LogP contribution is -2.11. The number of carbonyl (C=O) groups is 1. The highest BCUT2D eigenvalue weighted by Crippen LogP contribution is 2.09. The first-order chi connectivity index (χ1) is 9.58. The summed E-state index contributed by atoms with van der Waals surface area (Å²) in [5.41, 5.74) is 2.21. The molecule has 1 N–H and O–H groups in total. The van der Waals surface area contributed by atoms with Gasteiger partial charge in [0, 0.05) is 19.2 Å². The van der Waals surface area contributed by atoms with Gasteiger partial charge in [-0.3, -0.25) is 9.48 Å². The van der Waals surface area contributed by atoms with Crippen molar-refractivity contribution in [1.29, 1.82) is 5.26 Å². The molecular weight excluding hydrogens is 252 g/mol. The molecule has 20 heavy (non-hydrogen) atoms. The highest BCUT2D eigenvalue weighted by molar-refractivity contribution is 6.01. The van der Waals surface area contributed by atoms with Gasteiger partial charge in [0.05, 0.1) is 17.3 Å². The van der Waals surface area contributed by atoms with Crippen LogP contribution in [0, 0.1) is 18.3 Å². The molecular formula is C15H14N4O. The summed E-state index contributed by atoms with van der Waals surface area (Å²) in [5.74, 6) is 0.401. The Morgan fingerprint density at radius 2 is 2.25 bits per heavy atom. The molecule has 1 aromatic carbocycles. The van der Waals surface area contributed by atoms with Crippen LogP contribution >= 0.6 is 0 Å². The molecule has 1 heterocycles. The molecule has 0 spiro atoms. The lowest BCUT2D eigenvalue weighted by atomic mass is 10.1. The molecule has 0 aliphatic rings. The molecule has 1 aromatic heterocycles. The van der Waals surface area contributed by atoms with E-state index in [4.69, 9.17) is 5.26 Å². The van der Waals surface area contributed by atoms with E-state index in [0.717, 1.165) is 11.3 Å². The number of hydrogen-bond acceptors (Lipinski definition) is 3. The van der Waals surface area contributed by atoms with E-state index in [1.165, 1.54) is 6.08 Å². The highest BCUT2D eigenvalue weighted by Gasteiger charge is 2.04. The fourth-order valence-corrected chi connectivity index (χ4v) is 1.78. The van der Waals surface area contributed by atoms with Crippen LogP contribution in [0.25, 0.3) is 6.08 Å². The van der Waals surface area contributed by atoms with Crippen molar-refractivity contribution in [3.05, 3.63) is 53.2 Å². The zero-order chi connectivity index (χ0) is 14.5. The fourth-order valence-electron chi connectivity index (χ4n) is 1.78. The van der Waals surface area contributed by atoms with Crippen LogP contribution in [0.4, 0.5) is 5.82 Å². The summed E-state index contributed by atoms with van der Waals surface area (Å²) in [4.78, 5) is 11.8. The van der Waals surface area contributed by atoms with E-state index in [0.29, 0.717) is 11.4 Å². The normalized spacial score (nSPS) is 10.4. The number of aryl methyl sites for hydroxylation is 2. The largest absolute Gasteiger partial charge is 0.307 e. The Kier molecular flexibility index (Phi) is 3.96. The third kappa shape index (κ3) is 3.33. The van der Waals surface area contributed by atoms with Crippen molar-refractivity contribution in [2.24, 2.45) is 7.05 Å². The molecule has 0 aliphatic heterocycles. The van der Waals surface area contributed by atoms with E-state index < -0.39 is 0 Å². The Labute approximate surface area is 117 Å². The van der Waals surface area contributed by atoms with Crippen LogP contribution in [-0.4, -0.2) is 15.7 Å². The molecule has 0 atom stereocenters. The number of benzene rings is 1. The minimum atomic E-state index is -0.240. The lowest BCUT2D eigenvalue weighted by Gasteiger charge is -2.01. The number of nitrogens with zero attached hydrogens (tertiary/aromatic N) is 3. The lowest BCUT2D eigenvalue weighted by molar-refractivity contribution is -0.111. The summed E-state index contributed by atoms with van der Waals surface area (Å²) in [7, 11) is 1.77. The Morgan fingerprint density at radius 1 is 1.45 bits per heavy atom. The minimum Gasteiger partial charge on any atom is -0.307 e. The molecule has 0 aliphatic carbocycles. The standard InChI is InChI=1S/C15H14N4O/c1-11-8-14(19(2)18-11)17-15(20)7-6-12-4-3-5-13(9-12)10-16/h3-9H,1-2H3,(H,17,20)/b7-6+. The summed E-state index contributed by atoms with van der Waals surface area (Å²) in [5, 5.41) is 15.7. The van der Waals surface area contributed by atoms with Gasteiger partial charge in [-0.05, 0) is 30.7 Å². The van der Waals surface area contributed by atoms with Gasteiger partial charge in [-0.15, -0.1) is 0 Å². The zero-order valence-electron chi connectivity index (χ0n) is 11.3. The van der Waals surface area contributed by atoms with Crippen LogP contribution in [0.2, 0.25) is 0 Å². The molecule has 5 nitrogen and oxygen atoms in total.